The molecule has 0 unspecified atom stereocenters. The Labute approximate surface area is 479 Å². The SMILES string of the molecule is Cc1c(C)c2c(c3c1CC[n+]1ccc4ccccc4c1-3)-c1c3ccccc3cc[n+]1CC2.O=C(O[C@@H](C(=O)[O-])[C@@H](OC(=O)c1ccccc1)C(=O)O)c1ccccc1.O=C(O[C@@H](C(=O)[O-])[C@@H](OC(=O)c1ccccc1)C(=O)O)c1ccccc1. The zero-order chi connectivity index (χ0) is 59.6. The van der Waals surface area contributed by atoms with Gasteiger partial charge in [0.05, 0.1) is 56.1 Å². The van der Waals surface area contributed by atoms with Gasteiger partial charge in [-0.15, -0.1) is 0 Å². The molecule has 18 heteroatoms. The second kappa shape index (κ2) is 25.7. The van der Waals surface area contributed by atoms with Crippen LogP contribution in [0.1, 0.15) is 63.7 Å². The summed E-state index contributed by atoms with van der Waals surface area (Å²) >= 11 is 0. The van der Waals surface area contributed by atoms with E-state index in [0.29, 0.717) is 0 Å². The van der Waals surface area contributed by atoms with Gasteiger partial charge in [0, 0.05) is 25.0 Å². The van der Waals surface area contributed by atoms with Crippen molar-refractivity contribution in [1.82, 2.24) is 0 Å². The third kappa shape index (κ3) is 12.5. The molecule has 0 spiro atoms. The second-order valence-electron chi connectivity index (χ2n) is 19.4. The lowest BCUT2D eigenvalue weighted by molar-refractivity contribution is -0.688. The van der Waals surface area contributed by atoms with E-state index in [0.717, 1.165) is 25.9 Å². The number of hydrogen-bond acceptors (Lipinski definition) is 14. The minimum absolute atomic E-state index is 0.00252. The molecule has 0 bridgehead atoms. The Bertz CT molecular complexity index is 3610. The Morgan fingerprint density at radius 1 is 0.393 bits per heavy atom. The summed E-state index contributed by atoms with van der Waals surface area (Å²) in [5, 5.41) is 46.4. The average molecular weight is 1130 g/mol. The van der Waals surface area contributed by atoms with E-state index in [1.807, 2.05) is 0 Å². The monoisotopic (exact) mass is 1130 g/mol. The number of fused-ring (bicyclic) bond motifs is 11. The fraction of sp³-hybridized carbons (Fsp3) is 0.152. The first-order valence-corrected chi connectivity index (χ1v) is 26.4. The predicted octanol–water partition coefficient (Wildman–Crippen LogP) is 6.18. The number of carboxylic acids is 4. The fourth-order valence-electron chi connectivity index (χ4n) is 10.2. The van der Waals surface area contributed by atoms with Gasteiger partial charge in [0.25, 0.3) is 0 Å². The fourth-order valence-corrected chi connectivity index (χ4v) is 10.2. The third-order valence-corrected chi connectivity index (χ3v) is 14.4. The van der Waals surface area contributed by atoms with Crippen LogP contribution in [0.3, 0.4) is 0 Å². The highest BCUT2D eigenvalue weighted by atomic mass is 16.6. The zero-order valence-electron chi connectivity index (χ0n) is 45.1. The summed E-state index contributed by atoms with van der Waals surface area (Å²) in [6.07, 6.45) is -2.43. The van der Waals surface area contributed by atoms with Crippen molar-refractivity contribution in [3.8, 4) is 22.5 Å². The number of carbonyl (C=O) groups is 8. The minimum Gasteiger partial charge on any atom is -0.546 e. The number of hydrogen-bond donors (Lipinski definition) is 2. The zero-order valence-corrected chi connectivity index (χ0v) is 45.1. The van der Waals surface area contributed by atoms with Crippen LogP contribution < -0.4 is 19.3 Å². The summed E-state index contributed by atoms with van der Waals surface area (Å²) in [7, 11) is 0. The molecule has 2 aliphatic heterocycles. The summed E-state index contributed by atoms with van der Waals surface area (Å²) in [6.45, 7) is 6.78. The maximum absolute atomic E-state index is 12.0. The minimum atomic E-state index is -2.33. The lowest BCUT2D eigenvalue weighted by Crippen LogP contribution is -2.51. The van der Waals surface area contributed by atoms with Crippen molar-refractivity contribution in [3.05, 3.63) is 239 Å². The molecule has 2 aliphatic rings. The Morgan fingerprint density at radius 2 is 0.667 bits per heavy atom. The molecule has 84 heavy (non-hydrogen) atoms. The predicted molar refractivity (Wildman–Crippen MR) is 297 cm³/mol. The number of aromatic nitrogens is 2. The highest BCUT2D eigenvalue weighted by molar-refractivity contribution is 6.04. The highest BCUT2D eigenvalue weighted by Gasteiger charge is 2.40. The molecule has 0 fully saturated rings. The second-order valence-corrected chi connectivity index (χ2v) is 19.4. The number of carbonyl (C=O) groups excluding carboxylic acids is 6. The molecule has 11 rings (SSSR count). The van der Waals surface area contributed by atoms with Gasteiger partial charge in [0.1, 0.15) is 0 Å². The number of benzene rings is 7. The number of ether oxygens (including phenoxy) is 4. The molecule has 7 aromatic carbocycles. The van der Waals surface area contributed by atoms with E-state index < -0.39 is 72.2 Å². The molecule has 4 heterocycles. The first kappa shape index (κ1) is 57.8. The summed E-state index contributed by atoms with van der Waals surface area (Å²) in [5.74, 6) is -12.0. The van der Waals surface area contributed by atoms with E-state index in [1.54, 1.807) is 35.4 Å². The van der Waals surface area contributed by atoms with Crippen molar-refractivity contribution in [1.29, 1.82) is 0 Å². The number of nitrogens with zero attached hydrogens (tertiary/aromatic N) is 2. The van der Waals surface area contributed by atoms with Gasteiger partial charge in [-0.3, -0.25) is 0 Å². The first-order chi connectivity index (χ1) is 40.5. The molecule has 0 amide bonds. The van der Waals surface area contributed by atoms with E-state index in [-0.39, 0.29) is 22.3 Å². The van der Waals surface area contributed by atoms with E-state index >= 15 is 0 Å². The summed E-state index contributed by atoms with van der Waals surface area (Å²) in [6, 6.07) is 51.7. The number of pyridine rings is 2. The number of aryl methyl sites for hydroxylation is 2. The van der Waals surface area contributed by atoms with Gasteiger partial charge in [0.2, 0.25) is 23.6 Å². The van der Waals surface area contributed by atoms with Crippen LogP contribution in [-0.4, -0.2) is 82.4 Å². The molecule has 18 nitrogen and oxygen atoms in total. The smallest absolute Gasteiger partial charge is 0.349 e. The van der Waals surface area contributed by atoms with Crippen LogP contribution in [0.25, 0.3) is 44.1 Å². The van der Waals surface area contributed by atoms with Crippen LogP contribution in [-0.2, 0) is 64.1 Å². The van der Waals surface area contributed by atoms with Crippen LogP contribution in [0.5, 0.6) is 0 Å². The number of aliphatic carboxylic acids is 4. The van der Waals surface area contributed by atoms with Crippen LogP contribution in [0, 0.1) is 13.8 Å². The van der Waals surface area contributed by atoms with Gasteiger partial charge in [-0.05, 0) is 108 Å². The van der Waals surface area contributed by atoms with E-state index in [2.05, 4.69) is 96.0 Å². The number of rotatable bonds is 14. The maximum atomic E-state index is 12.0. The highest BCUT2D eigenvalue weighted by Crippen LogP contribution is 2.46. The number of esters is 4. The van der Waals surface area contributed by atoms with E-state index in [1.165, 1.54) is 152 Å². The summed E-state index contributed by atoms with van der Waals surface area (Å²) in [5.41, 5.74) is 11.8. The Balaban J connectivity index is 0.000000153. The van der Waals surface area contributed by atoms with E-state index in [4.69, 9.17) is 18.9 Å². The lowest BCUT2D eigenvalue weighted by Gasteiger charge is -2.27. The molecular formula is C66H52N2O16. The van der Waals surface area contributed by atoms with Gasteiger partial charge in [-0.2, -0.15) is 9.13 Å². The summed E-state index contributed by atoms with van der Waals surface area (Å²) in [4.78, 5) is 93.3. The normalized spacial score (nSPS) is 13.1. The van der Waals surface area contributed by atoms with Gasteiger partial charge in [0.15, 0.2) is 37.7 Å². The van der Waals surface area contributed by atoms with Gasteiger partial charge < -0.3 is 49.0 Å². The lowest BCUT2D eigenvalue weighted by atomic mass is 9.78. The molecule has 0 saturated heterocycles. The average Bonchev–Trinajstić information content (AvgIpc) is 1.82. The van der Waals surface area contributed by atoms with Crippen molar-refractivity contribution in [2.75, 3.05) is 0 Å². The van der Waals surface area contributed by atoms with Crippen molar-refractivity contribution in [2.24, 2.45) is 0 Å². The molecule has 0 radical (unpaired) electrons. The van der Waals surface area contributed by atoms with Gasteiger partial charge >= 0.3 is 35.8 Å². The molecular weight excluding hydrogens is 1080 g/mol. The molecule has 0 aliphatic carbocycles. The molecule has 2 aromatic heterocycles. The van der Waals surface area contributed by atoms with Crippen LogP contribution in [0.15, 0.2) is 194 Å². The molecule has 9 aromatic rings. The third-order valence-electron chi connectivity index (χ3n) is 14.4. The topological polar surface area (TPSA) is 268 Å². The quantitative estimate of drug-likeness (QED) is 0.0700. The van der Waals surface area contributed by atoms with Crippen LogP contribution in [0.4, 0.5) is 0 Å². The standard InChI is InChI=1S/C30H26N2.2C18H14O8/c1-19-20(2)24-14-18-32-16-12-22-8-4-6-10-26(22)30(32)28(24)27-23(19)13-17-31-15-11-21-7-3-5-9-25(21)29(27)31;2*19-15(20)13(25-17(23)11-7-3-1-4-8-11)14(16(21)22)26-18(24)12-9-5-2-6-10-12/h3-12,15-16H,13-14,17-18H2,1-2H3;2*1-10,13-14H,(H,19,20)(H,21,22)/q+2;;/p-2/t;2*13-,14-/m.11/s1. The van der Waals surface area contributed by atoms with Gasteiger partial charge in [-0.1, -0.05) is 109 Å². The van der Waals surface area contributed by atoms with Crippen LogP contribution >= 0.6 is 0 Å². The van der Waals surface area contributed by atoms with Crippen molar-refractivity contribution in [2.45, 2.75) is 64.2 Å². The molecule has 0 saturated carbocycles. The van der Waals surface area contributed by atoms with Crippen molar-refractivity contribution in [3.63, 3.8) is 0 Å². The van der Waals surface area contributed by atoms with Gasteiger partial charge in [-0.25, -0.2) is 28.8 Å². The Hall–Kier alpha value is -10.9. The first-order valence-electron chi connectivity index (χ1n) is 26.4. The Kier molecular flexibility index (Phi) is 17.7. The maximum Gasteiger partial charge on any atom is 0.349 e. The Morgan fingerprint density at radius 3 is 0.952 bits per heavy atom. The number of carboxylic acid groups (broad SMARTS) is 4. The molecule has 2 N–H and O–H groups in total. The van der Waals surface area contributed by atoms with E-state index in [9.17, 15) is 58.8 Å². The largest absolute Gasteiger partial charge is 0.546 e. The van der Waals surface area contributed by atoms with Crippen LogP contribution in [0.2, 0.25) is 0 Å². The van der Waals surface area contributed by atoms with Crippen molar-refractivity contribution < 1.29 is 86.9 Å². The molecule has 422 valence electrons. The van der Waals surface area contributed by atoms with Crippen molar-refractivity contribution >= 4 is 69.3 Å². The molecule has 4 atom stereocenters. The summed E-state index contributed by atoms with van der Waals surface area (Å²) < 4.78 is 23.8.